The Morgan fingerprint density at radius 2 is 2.00 bits per heavy atom. The molecule has 0 saturated carbocycles. The Hall–Kier alpha value is -2.85. The standard InChI is InChI=1S/C17H16N2O4S/c18-11-13-8-10-24-17(13)19-15(20)12-23-16(21)7-4-9-22-14-5-2-1-3-6-14/h1-3,5-6,8,10H,4,7,9,12H2,(H,19,20). The van der Waals surface area contributed by atoms with E-state index < -0.39 is 11.9 Å². The quantitative estimate of drug-likeness (QED) is 0.587. The van der Waals surface area contributed by atoms with Crippen molar-refractivity contribution in [3.63, 3.8) is 0 Å². The largest absolute Gasteiger partial charge is 0.494 e. The van der Waals surface area contributed by atoms with Gasteiger partial charge in [-0.1, -0.05) is 18.2 Å². The number of nitrogens with zero attached hydrogens (tertiary/aromatic N) is 1. The van der Waals surface area contributed by atoms with Gasteiger partial charge in [-0.25, -0.2) is 0 Å². The van der Waals surface area contributed by atoms with Crippen LogP contribution in [0.2, 0.25) is 0 Å². The highest BCUT2D eigenvalue weighted by molar-refractivity contribution is 7.14. The van der Waals surface area contributed by atoms with Gasteiger partial charge in [-0.15, -0.1) is 11.3 Å². The molecule has 1 N–H and O–H groups in total. The van der Waals surface area contributed by atoms with Crippen molar-refractivity contribution < 1.29 is 19.1 Å². The Morgan fingerprint density at radius 1 is 1.21 bits per heavy atom. The monoisotopic (exact) mass is 344 g/mol. The number of hydrogen-bond acceptors (Lipinski definition) is 6. The predicted octanol–water partition coefficient (Wildman–Crippen LogP) is 2.96. The summed E-state index contributed by atoms with van der Waals surface area (Å²) in [6, 6.07) is 12.9. The highest BCUT2D eigenvalue weighted by Gasteiger charge is 2.11. The van der Waals surface area contributed by atoms with Crippen molar-refractivity contribution in [3.8, 4) is 11.8 Å². The Kier molecular flexibility index (Phi) is 6.80. The number of carbonyl (C=O) groups is 2. The maximum atomic E-state index is 11.7. The summed E-state index contributed by atoms with van der Waals surface area (Å²) >= 11 is 1.24. The topological polar surface area (TPSA) is 88.4 Å². The van der Waals surface area contributed by atoms with Crippen LogP contribution in [0.15, 0.2) is 41.8 Å². The normalized spacial score (nSPS) is 9.79. The number of hydrogen-bond donors (Lipinski definition) is 1. The number of anilines is 1. The van der Waals surface area contributed by atoms with Crippen LogP contribution >= 0.6 is 11.3 Å². The molecular weight excluding hydrogens is 328 g/mol. The first-order chi connectivity index (χ1) is 11.7. The van der Waals surface area contributed by atoms with Gasteiger partial charge in [0.2, 0.25) is 0 Å². The van der Waals surface area contributed by atoms with Gasteiger partial charge in [0.05, 0.1) is 12.2 Å². The molecule has 2 rings (SSSR count). The van der Waals surface area contributed by atoms with E-state index in [1.807, 2.05) is 36.4 Å². The summed E-state index contributed by atoms with van der Waals surface area (Å²) in [7, 11) is 0. The zero-order chi connectivity index (χ0) is 17.2. The molecule has 0 bridgehead atoms. The average molecular weight is 344 g/mol. The number of nitrogens with one attached hydrogen (secondary N) is 1. The summed E-state index contributed by atoms with van der Waals surface area (Å²) in [4.78, 5) is 23.3. The number of thiophene rings is 1. The van der Waals surface area contributed by atoms with Crippen molar-refractivity contribution in [2.45, 2.75) is 12.8 Å². The van der Waals surface area contributed by atoms with Gasteiger partial charge in [0.25, 0.3) is 5.91 Å². The van der Waals surface area contributed by atoms with Gasteiger partial charge < -0.3 is 14.8 Å². The zero-order valence-electron chi connectivity index (χ0n) is 12.9. The minimum absolute atomic E-state index is 0.169. The van der Waals surface area contributed by atoms with Crippen molar-refractivity contribution in [1.29, 1.82) is 5.26 Å². The summed E-state index contributed by atoms with van der Waals surface area (Å²) in [5, 5.41) is 13.5. The first-order valence-corrected chi connectivity index (χ1v) is 8.18. The average Bonchev–Trinajstić information content (AvgIpc) is 3.05. The van der Waals surface area contributed by atoms with Crippen molar-refractivity contribution in [2.24, 2.45) is 0 Å². The molecule has 1 amide bonds. The summed E-state index contributed by atoms with van der Waals surface area (Å²) in [6.45, 7) is 0.0210. The molecular formula is C17H16N2O4S. The van der Waals surface area contributed by atoms with E-state index in [4.69, 9.17) is 14.7 Å². The molecule has 24 heavy (non-hydrogen) atoms. The molecule has 0 saturated heterocycles. The van der Waals surface area contributed by atoms with E-state index in [1.54, 1.807) is 11.4 Å². The van der Waals surface area contributed by atoms with Gasteiger partial charge in [0.1, 0.15) is 16.8 Å². The van der Waals surface area contributed by atoms with Crippen molar-refractivity contribution in [2.75, 3.05) is 18.5 Å². The molecule has 0 aliphatic rings. The fraction of sp³-hybridized carbons (Fsp3) is 0.235. The number of para-hydroxylation sites is 1. The Balaban J connectivity index is 1.61. The third-order valence-corrected chi connectivity index (χ3v) is 3.77. The Morgan fingerprint density at radius 3 is 2.75 bits per heavy atom. The Labute approximate surface area is 143 Å². The molecule has 1 heterocycles. The second-order valence-corrected chi connectivity index (χ2v) is 5.67. The van der Waals surface area contributed by atoms with E-state index in [-0.39, 0.29) is 13.0 Å². The summed E-state index contributed by atoms with van der Waals surface area (Å²) in [5.74, 6) is -0.189. The molecule has 0 atom stereocenters. The van der Waals surface area contributed by atoms with Crippen LogP contribution in [0.5, 0.6) is 5.75 Å². The fourth-order valence-electron chi connectivity index (χ4n) is 1.80. The van der Waals surface area contributed by atoms with Crippen LogP contribution < -0.4 is 10.1 Å². The van der Waals surface area contributed by atoms with Crippen LogP contribution in [0, 0.1) is 11.3 Å². The molecule has 0 unspecified atom stereocenters. The number of benzene rings is 1. The van der Waals surface area contributed by atoms with Crippen LogP contribution in [0.3, 0.4) is 0 Å². The van der Waals surface area contributed by atoms with Gasteiger partial charge >= 0.3 is 5.97 Å². The Bertz CT molecular complexity index is 722. The van der Waals surface area contributed by atoms with Crippen molar-refractivity contribution in [1.82, 2.24) is 0 Å². The lowest BCUT2D eigenvalue weighted by atomic mass is 10.3. The van der Waals surface area contributed by atoms with Crippen LogP contribution in [0.25, 0.3) is 0 Å². The number of amides is 1. The maximum absolute atomic E-state index is 11.7. The van der Waals surface area contributed by atoms with Gasteiger partial charge in [0.15, 0.2) is 6.61 Å². The van der Waals surface area contributed by atoms with Crippen LogP contribution in [0.1, 0.15) is 18.4 Å². The zero-order valence-corrected chi connectivity index (χ0v) is 13.7. The highest BCUT2D eigenvalue weighted by atomic mass is 32.1. The van der Waals surface area contributed by atoms with E-state index in [0.717, 1.165) is 5.75 Å². The third-order valence-electron chi connectivity index (χ3n) is 2.94. The molecule has 7 heteroatoms. The smallest absolute Gasteiger partial charge is 0.306 e. The lowest BCUT2D eigenvalue weighted by molar-refractivity contribution is -0.147. The first kappa shape index (κ1) is 17.5. The maximum Gasteiger partial charge on any atom is 0.306 e. The van der Waals surface area contributed by atoms with Gasteiger partial charge in [-0.2, -0.15) is 5.26 Å². The molecule has 2 aromatic rings. The van der Waals surface area contributed by atoms with Crippen molar-refractivity contribution in [3.05, 3.63) is 47.3 Å². The third kappa shape index (κ3) is 5.74. The molecule has 0 aliphatic carbocycles. The number of carbonyl (C=O) groups excluding carboxylic acids is 2. The predicted molar refractivity (Wildman–Crippen MR) is 89.8 cm³/mol. The van der Waals surface area contributed by atoms with Gasteiger partial charge in [-0.3, -0.25) is 9.59 Å². The molecule has 0 radical (unpaired) electrons. The number of esters is 1. The number of rotatable bonds is 8. The molecule has 124 valence electrons. The molecule has 0 spiro atoms. The number of ether oxygens (including phenoxy) is 2. The van der Waals surface area contributed by atoms with Crippen LogP contribution in [-0.4, -0.2) is 25.1 Å². The molecule has 6 nitrogen and oxygen atoms in total. The fourth-order valence-corrected chi connectivity index (χ4v) is 2.55. The highest BCUT2D eigenvalue weighted by Crippen LogP contribution is 2.21. The molecule has 0 aliphatic heterocycles. The lowest BCUT2D eigenvalue weighted by Crippen LogP contribution is -2.20. The van der Waals surface area contributed by atoms with E-state index in [1.165, 1.54) is 11.3 Å². The summed E-state index contributed by atoms with van der Waals surface area (Å²) in [5.41, 5.74) is 0.387. The lowest BCUT2D eigenvalue weighted by Gasteiger charge is -2.07. The summed E-state index contributed by atoms with van der Waals surface area (Å²) in [6.07, 6.45) is 0.668. The first-order valence-electron chi connectivity index (χ1n) is 7.30. The van der Waals surface area contributed by atoms with Gasteiger partial charge in [-0.05, 0) is 30.0 Å². The van der Waals surface area contributed by atoms with E-state index in [0.29, 0.717) is 23.6 Å². The second-order valence-electron chi connectivity index (χ2n) is 4.75. The molecule has 1 aromatic heterocycles. The second kappa shape index (κ2) is 9.33. The minimum Gasteiger partial charge on any atom is -0.494 e. The van der Waals surface area contributed by atoms with E-state index in [2.05, 4.69) is 5.32 Å². The van der Waals surface area contributed by atoms with Crippen LogP contribution in [-0.2, 0) is 14.3 Å². The van der Waals surface area contributed by atoms with Crippen LogP contribution in [0.4, 0.5) is 5.00 Å². The van der Waals surface area contributed by atoms with E-state index >= 15 is 0 Å². The SMILES string of the molecule is N#Cc1ccsc1NC(=O)COC(=O)CCCOc1ccccc1. The minimum atomic E-state index is -0.470. The summed E-state index contributed by atoms with van der Waals surface area (Å²) < 4.78 is 10.4. The van der Waals surface area contributed by atoms with Crippen molar-refractivity contribution >= 4 is 28.2 Å². The number of nitriles is 1. The molecule has 1 aromatic carbocycles. The molecule has 0 fully saturated rings. The van der Waals surface area contributed by atoms with E-state index in [9.17, 15) is 9.59 Å². The van der Waals surface area contributed by atoms with Gasteiger partial charge in [0, 0.05) is 6.42 Å².